The van der Waals surface area contributed by atoms with Crippen LogP contribution in [0, 0.1) is 11.7 Å². The maximum Gasteiger partial charge on any atom is 0.307 e. The largest absolute Gasteiger partial charge is 0.481 e. The van der Waals surface area contributed by atoms with Gasteiger partial charge >= 0.3 is 5.97 Å². The summed E-state index contributed by atoms with van der Waals surface area (Å²) < 4.78 is 12.6. The van der Waals surface area contributed by atoms with Crippen LogP contribution in [0.1, 0.15) is 18.9 Å². The summed E-state index contributed by atoms with van der Waals surface area (Å²) in [5.41, 5.74) is 0.616. The van der Waals surface area contributed by atoms with Crippen molar-refractivity contribution >= 4 is 5.97 Å². The summed E-state index contributed by atoms with van der Waals surface area (Å²) in [6, 6.07) is 6.08. The van der Waals surface area contributed by atoms with E-state index in [1.807, 2.05) is 6.92 Å². The molecule has 3 heteroatoms. The van der Waals surface area contributed by atoms with Crippen LogP contribution in [0.3, 0.4) is 0 Å². The fraction of sp³-hybridized carbons (Fsp3) is 0.364. The molecule has 1 saturated carbocycles. The molecular formula is C11H11FO2. The Balaban J connectivity index is 2.25. The molecule has 2 rings (SSSR count). The molecule has 2 nitrogen and oxygen atoms in total. The molecule has 2 atom stereocenters. The number of benzene rings is 1. The smallest absolute Gasteiger partial charge is 0.307 e. The van der Waals surface area contributed by atoms with E-state index in [1.54, 1.807) is 12.1 Å². The Morgan fingerprint density at radius 1 is 1.50 bits per heavy atom. The average Bonchev–Trinajstić information content (AvgIpc) is 2.80. The van der Waals surface area contributed by atoms with Gasteiger partial charge in [0, 0.05) is 5.41 Å². The zero-order valence-electron chi connectivity index (χ0n) is 7.83. The molecule has 0 saturated heterocycles. The van der Waals surface area contributed by atoms with Gasteiger partial charge in [-0.1, -0.05) is 19.1 Å². The number of hydrogen-bond donors (Lipinski definition) is 1. The third-order valence-corrected chi connectivity index (χ3v) is 3.04. The quantitative estimate of drug-likeness (QED) is 0.783. The van der Waals surface area contributed by atoms with Crippen LogP contribution < -0.4 is 0 Å². The number of rotatable bonds is 2. The molecule has 0 aliphatic heterocycles. The molecule has 74 valence electrons. The molecule has 0 radical (unpaired) electrons. The Labute approximate surface area is 81.4 Å². The minimum atomic E-state index is -0.767. The first-order valence-electron chi connectivity index (χ1n) is 4.53. The minimum absolute atomic E-state index is 0.287. The van der Waals surface area contributed by atoms with E-state index < -0.39 is 5.97 Å². The first kappa shape index (κ1) is 9.19. The van der Waals surface area contributed by atoms with E-state index in [1.165, 1.54) is 12.1 Å². The predicted molar refractivity (Wildman–Crippen MR) is 49.5 cm³/mol. The standard InChI is InChI=1S/C11H11FO2/c1-11(6-9(11)10(13)14)7-2-4-8(12)5-3-7/h2-5,9H,6H2,1H3,(H,13,14)/t9-,11?/m0/s1. The monoisotopic (exact) mass is 194 g/mol. The molecule has 1 aliphatic rings. The van der Waals surface area contributed by atoms with E-state index in [4.69, 9.17) is 5.11 Å². The molecule has 1 unspecified atom stereocenters. The summed E-state index contributed by atoms with van der Waals surface area (Å²) >= 11 is 0. The van der Waals surface area contributed by atoms with Crippen LogP contribution in [0.25, 0.3) is 0 Å². The van der Waals surface area contributed by atoms with Gasteiger partial charge in [0.15, 0.2) is 0 Å². The van der Waals surface area contributed by atoms with Crippen LogP contribution >= 0.6 is 0 Å². The Morgan fingerprint density at radius 3 is 2.50 bits per heavy atom. The second-order valence-electron chi connectivity index (χ2n) is 4.02. The molecule has 1 fully saturated rings. The summed E-state index contributed by atoms with van der Waals surface area (Å²) in [6.45, 7) is 1.90. The van der Waals surface area contributed by atoms with E-state index in [2.05, 4.69) is 0 Å². The highest BCUT2D eigenvalue weighted by Gasteiger charge is 2.55. The number of carboxylic acids is 1. The predicted octanol–water partition coefficient (Wildman–Crippen LogP) is 2.19. The van der Waals surface area contributed by atoms with Crippen molar-refractivity contribution < 1.29 is 14.3 Å². The lowest BCUT2D eigenvalue weighted by Gasteiger charge is -2.09. The van der Waals surface area contributed by atoms with Crippen molar-refractivity contribution in [1.82, 2.24) is 0 Å². The minimum Gasteiger partial charge on any atom is -0.481 e. The lowest BCUT2D eigenvalue weighted by atomic mass is 9.95. The van der Waals surface area contributed by atoms with Crippen LogP contribution in [0.4, 0.5) is 4.39 Å². The van der Waals surface area contributed by atoms with E-state index in [0.29, 0.717) is 6.42 Å². The average molecular weight is 194 g/mol. The van der Waals surface area contributed by atoms with Crippen molar-refractivity contribution in [3.63, 3.8) is 0 Å². The van der Waals surface area contributed by atoms with Crippen molar-refractivity contribution in [2.24, 2.45) is 5.92 Å². The lowest BCUT2D eigenvalue weighted by Crippen LogP contribution is -2.10. The van der Waals surface area contributed by atoms with Gasteiger partial charge in [0.1, 0.15) is 5.82 Å². The molecular weight excluding hydrogens is 183 g/mol. The van der Waals surface area contributed by atoms with Crippen molar-refractivity contribution in [1.29, 1.82) is 0 Å². The van der Waals surface area contributed by atoms with Crippen molar-refractivity contribution in [3.05, 3.63) is 35.6 Å². The summed E-state index contributed by atoms with van der Waals surface area (Å²) in [4.78, 5) is 10.7. The molecule has 0 spiro atoms. The third-order valence-electron chi connectivity index (χ3n) is 3.04. The normalized spacial score (nSPS) is 30.0. The first-order chi connectivity index (χ1) is 6.54. The van der Waals surface area contributed by atoms with Gasteiger partial charge in [-0.15, -0.1) is 0 Å². The van der Waals surface area contributed by atoms with E-state index >= 15 is 0 Å². The highest BCUT2D eigenvalue weighted by molar-refractivity contribution is 5.77. The molecule has 0 aromatic heterocycles. The van der Waals surface area contributed by atoms with E-state index in [0.717, 1.165) is 5.56 Å². The summed E-state index contributed by atoms with van der Waals surface area (Å²) in [6.07, 6.45) is 0.647. The van der Waals surface area contributed by atoms with Crippen LogP contribution in [-0.4, -0.2) is 11.1 Å². The third kappa shape index (κ3) is 1.29. The lowest BCUT2D eigenvalue weighted by molar-refractivity contribution is -0.138. The molecule has 1 N–H and O–H groups in total. The Morgan fingerprint density at radius 2 is 2.07 bits per heavy atom. The summed E-state index contributed by atoms with van der Waals surface area (Å²) in [7, 11) is 0. The molecule has 0 amide bonds. The van der Waals surface area contributed by atoms with Crippen LogP contribution in [0.5, 0.6) is 0 Å². The van der Waals surface area contributed by atoms with Crippen molar-refractivity contribution in [2.45, 2.75) is 18.8 Å². The first-order valence-corrected chi connectivity index (χ1v) is 4.53. The molecule has 14 heavy (non-hydrogen) atoms. The molecule has 0 bridgehead atoms. The summed E-state index contributed by atoms with van der Waals surface area (Å²) in [5.74, 6) is -1.37. The Kier molecular flexibility index (Phi) is 1.84. The molecule has 1 aromatic carbocycles. The number of aliphatic carboxylic acids is 1. The molecule has 0 heterocycles. The van der Waals surface area contributed by atoms with Gasteiger partial charge in [0.25, 0.3) is 0 Å². The summed E-state index contributed by atoms with van der Waals surface area (Å²) in [5, 5.41) is 8.83. The van der Waals surface area contributed by atoms with Gasteiger partial charge in [0.05, 0.1) is 5.92 Å². The number of hydrogen-bond acceptors (Lipinski definition) is 1. The van der Waals surface area contributed by atoms with E-state index in [9.17, 15) is 9.18 Å². The SMILES string of the molecule is CC1(c2ccc(F)cc2)C[C@H]1C(=O)O. The fourth-order valence-corrected chi connectivity index (χ4v) is 1.87. The van der Waals surface area contributed by atoms with Crippen molar-refractivity contribution in [3.8, 4) is 0 Å². The van der Waals surface area contributed by atoms with E-state index in [-0.39, 0.29) is 17.2 Å². The van der Waals surface area contributed by atoms with Gasteiger partial charge in [-0.05, 0) is 24.1 Å². The van der Waals surface area contributed by atoms with Crippen molar-refractivity contribution in [2.75, 3.05) is 0 Å². The Bertz CT molecular complexity index is 371. The second-order valence-corrected chi connectivity index (χ2v) is 4.02. The number of carbonyl (C=O) groups is 1. The van der Waals surface area contributed by atoms with Gasteiger partial charge in [-0.25, -0.2) is 4.39 Å². The van der Waals surface area contributed by atoms with Gasteiger partial charge in [-0.2, -0.15) is 0 Å². The number of halogens is 1. The zero-order valence-corrected chi connectivity index (χ0v) is 7.83. The topological polar surface area (TPSA) is 37.3 Å². The zero-order chi connectivity index (χ0) is 10.3. The van der Waals surface area contributed by atoms with Crippen LogP contribution in [0.15, 0.2) is 24.3 Å². The number of carboxylic acid groups (broad SMARTS) is 1. The van der Waals surface area contributed by atoms with Crippen LogP contribution in [-0.2, 0) is 10.2 Å². The maximum absolute atomic E-state index is 12.6. The highest BCUT2D eigenvalue weighted by atomic mass is 19.1. The van der Waals surface area contributed by atoms with Gasteiger partial charge in [-0.3, -0.25) is 4.79 Å². The van der Waals surface area contributed by atoms with Gasteiger partial charge < -0.3 is 5.11 Å². The van der Waals surface area contributed by atoms with Gasteiger partial charge in [0.2, 0.25) is 0 Å². The molecule has 1 aliphatic carbocycles. The molecule has 1 aromatic rings. The maximum atomic E-state index is 12.6. The second kappa shape index (κ2) is 2.80. The van der Waals surface area contributed by atoms with Crippen LogP contribution in [0.2, 0.25) is 0 Å². The fourth-order valence-electron chi connectivity index (χ4n) is 1.87. The highest BCUT2D eigenvalue weighted by Crippen LogP contribution is 2.53. The Hall–Kier alpha value is -1.38.